The van der Waals surface area contributed by atoms with Crippen LogP contribution in [-0.4, -0.2) is 62.9 Å². The minimum Gasteiger partial charge on any atom is -0.411 e. The van der Waals surface area contributed by atoms with Crippen LogP contribution in [0.3, 0.4) is 0 Å². The predicted molar refractivity (Wildman–Crippen MR) is 106 cm³/mol. The van der Waals surface area contributed by atoms with E-state index in [2.05, 4.69) is 25.1 Å². The number of hydrogen-bond donors (Lipinski definition) is 0. The number of hydrogen-bond acceptors (Lipinski definition) is 8. The standard InChI is InChI=1S/C19H20N6O2S/c1-14-5-2-3-6-15(14)17-22-23-19(27-17)28-13-16(26)24-9-11-25(12-10-24)18-20-7-4-8-21-18/h2-8H,9-13H2,1H3. The van der Waals surface area contributed by atoms with Gasteiger partial charge in [-0.05, 0) is 24.6 Å². The van der Waals surface area contributed by atoms with E-state index in [4.69, 9.17) is 4.42 Å². The number of anilines is 1. The molecule has 144 valence electrons. The van der Waals surface area contributed by atoms with Crippen molar-refractivity contribution in [2.45, 2.75) is 12.1 Å². The summed E-state index contributed by atoms with van der Waals surface area (Å²) in [5, 5.41) is 8.56. The van der Waals surface area contributed by atoms with Crippen molar-refractivity contribution in [2.75, 3.05) is 36.8 Å². The van der Waals surface area contributed by atoms with Gasteiger partial charge in [0.2, 0.25) is 17.7 Å². The second-order valence-corrected chi connectivity index (χ2v) is 7.32. The molecule has 3 heterocycles. The van der Waals surface area contributed by atoms with Gasteiger partial charge >= 0.3 is 0 Å². The number of benzene rings is 1. The van der Waals surface area contributed by atoms with Gasteiger partial charge in [0.05, 0.1) is 5.75 Å². The van der Waals surface area contributed by atoms with Crippen LogP contribution in [-0.2, 0) is 4.79 Å². The van der Waals surface area contributed by atoms with Crippen LogP contribution >= 0.6 is 11.8 Å². The summed E-state index contributed by atoms with van der Waals surface area (Å²) < 4.78 is 5.71. The Hall–Kier alpha value is -2.94. The normalized spacial score (nSPS) is 14.3. The molecule has 0 bridgehead atoms. The first-order chi connectivity index (χ1) is 13.7. The third-order valence-electron chi connectivity index (χ3n) is 4.57. The second-order valence-electron chi connectivity index (χ2n) is 6.39. The van der Waals surface area contributed by atoms with Crippen LogP contribution in [0.5, 0.6) is 0 Å². The predicted octanol–water partition coefficient (Wildman–Crippen LogP) is 2.28. The monoisotopic (exact) mass is 396 g/mol. The van der Waals surface area contributed by atoms with E-state index in [1.807, 2.05) is 36.1 Å². The maximum absolute atomic E-state index is 12.5. The zero-order valence-electron chi connectivity index (χ0n) is 15.5. The number of aromatic nitrogens is 4. The SMILES string of the molecule is Cc1ccccc1-c1nnc(SCC(=O)N2CCN(c3ncccn3)CC2)o1. The highest BCUT2D eigenvalue weighted by Crippen LogP contribution is 2.25. The molecule has 0 radical (unpaired) electrons. The molecule has 1 aromatic carbocycles. The van der Waals surface area contributed by atoms with Gasteiger partial charge in [-0.3, -0.25) is 4.79 Å². The Morgan fingerprint density at radius 2 is 1.82 bits per heavy atom. The highest BCUT2D eigenvalue weighted by molar-refractivity contribution is 7.99. The van der Waals surface area contributed by atoms with Crippen molar-refractivity contribution >= 4 is 23.6 Å². The fraction of sp³-hybridized carbons (Fsp3) is 0.316. The Balaban J connectivity index is 1.29. The van der Waals surface area contributed by atoms with E-state index < -0.39 is 0 Å². The Morgan fingerprint density at radius 3 is 2.57 bits per heavy atom. The molecule has 0 N–H and O–H groups in total. The van der Waals surface area contributed by atoms with Crippen LogP contribution in [0.15, 0.2) is 52.4 Å². The maximum atomic E-state index is 12.5. The number of aryl methyl sites for hydroxylation is 1. The van der Waals surface area contributed by atoms with Crippen LogP contribution in [0.1, 0.15) is 5.56 Å². The summed E-state index contributed by atoms with van der Waals surface area (Å²) >= 11 is 1.27. The summed E-state index contributed by atoms with van der Waals surface area (Å²) in [6.45, 7) is 4.73. The van der Waals surface area contributed by atoms with Crippen molar-refractivity contribution in [1.29, 1.82) is 0 Å². The molecular formula is C19H20N6O2S. The maximum Gasteiger partial charge on any atom is 0.277 e. The fourth-order valence-corrected chi connectivity index (χ4v) is 3.68. The molecule has 0 aliphatic carbocycles. The molecule has 1 saturated heterocycles. The van der Waals surface area contributed by atoms with Crippen LogP contribution in [0.2, 0.25) is 0 Å². The van der Waals surface area contributed by atoms with Gasteiger partial charge in [0.15, 0.2) is 0 Å². The molecule has 2 aromatic heterocycles. The van der Waals surface area contributed by atoms with E-state index in [-0.39, 0.29) is 11.7 Å². The van der Waals surface area contributed by atoms with Crippen LogP contribution in [0, 0.1) is 6.92 Å². The molecule has 8 nitrogen and oxygen atoms in total. The average Bonchev–Trinajstić information content (AvgIpc) is 3.22. The largest absolute Gasteiger partial charge is 0.411 e. The highest BCUT2D eigenvalue weighted by Gasteiger charge is 2.23. The molecule has 1 aliphatic rings. The van der Waals surface area contributed by atoms with E-state index in [0.717, 1.165) is 24.2 Å². The van der Waals surface area contributed by atoms with Gasteiger partial charge in [-0.2, -0.15) is 0 Å². The van der Waals surface area contributed by atoms with Gasteiger partial charge in [0, 0.05) is 44.1 Å². The van der Waals surface area contributed by atoms with Gasteiger partial charge in [-0.1, -0.05) is 30.0 Å². The van der Waals surface area contributed by atoms with E-state index >= 15 is 0 Å². The number of carbonyl (C=O) groups is 1. The molecule has 3 aromatic rings. The third kappa shape index (κ3) is 4.14. The lowest BCUT2D eigenvalue weighted by atomic mass is 10.1. The number of piperazine rings is 1. The first-order valence-corrected chi connectivity index (χ1v) is 10.0. The zero-order valence-corrected chi connectivity index (χ0v) is 16.3. The average molecular weight is 396 g/mol. The summed E-state index contributed by atoms with van der Waals surface area (Å²) in [7, 11) is 0. The van der Waals surface area contributed by atoms with Gasteiger partial charge in [-0.15, -0.1) is 10.2 Å². The van der Waals surface area contributed by atoms with Gasteiger partial charge < -0.3 is 14.2 Å². The topological polar surface area (TPSA) is 88.3 Å². The lowest BCUT2D eigenvalue weighted by Gasteiger charge is -2.34. The van der Waals surface area contributed by atoms with E-state index in [1.165, 1.54) is 11.8 Å². The molecule has 1 aliphatic heterocycles. The number of thioether (sulfide) groups is 1. The first-order valence-electron chi connectivity index (χ1n) is 9.03. The smallest absolute Gasteiger partial charge is 0.277 e. The lowest BCUT2D eigenvalue weighted by Crippen LogP contribution is -2.49. The van der Waals surface area contributed by atoms with Crippen LogP contribution in [0.25, 0.3) is 11.5 Å². The Morgan fingerprint density at radius 1 is 1.07 bits per heavy atom. The molecule has 28 heavy (non-hydrogen) atoms. The zero-order chi connectivity index (χ0) is 19.3. The lowest BCUT2D eigenvalue weighted by molar-refractivity contribution is -0.128. The summed E-state index contributed by atoms with van der Waals surface area (Å²) in [6.07, 6.45) is 3.46. The van der Waals surface area contributed by atoms with Gasteiger partial charge in [-0.25, -0.2) is 9.97 Å². The summed E-state index contributed by atoms with van der Waals surface area (Å²) in [6, 6.07) is 9.63. The van der Waals surface area contributed by atoms with E-state index in [9.17, 15) is 4.79 Å². The van der Waals surface area contributed by atoms with Crippen LogP contribution < -0.4 is 4.90 Å². The third-order valence-corrected chi connectivity index (χ3v) is 5.37. The molecule has 0 atom stereocenters. The fourth-order valence-electron chi connectivity index (χ4n) is 3.01. The Kier molecular flexibility index (Phi) is 5.52. The molecule has 4 rings (SSSR count). The van der Waals surface area contributed by atoms with Crippen molar-refractivity contribution in [1.82, 2.24) is 25.1 Å². The van der Waals surface area contributed by atoms with E-state index in [1.54, 1.807) is 18.5 Å². The van der Waals surface area contributed by atoms with Gasteiger partial charge in [0.1, 0.15) is 0 Å². The summed E-state index contributed by atoms with van der Waals surface area (Å²) in [4.78, 5) is 25.0. The minimum absolute atomic E-state index is 0.0641. The molecule has 9 heteroatoms. The molecule has 1 fully saturated rings. The number of rotatable bonds is 5. The van der Waals surface area contributed by atoms with E-state index in [0.29, 0.717) is 30.2 Å². The number of amides is 1. The van der Waals surface area contributed by atoms with Gasteiger partial charge in [0.25, 0.3) is 5.22 Å². The Labute approximate surface area is 167 Å². The molecule has 1 amide bonds. The van der Waals surface area contributed by atoms with Crippen molar-refractivity contribution in [2.24, 2.45) is 0 Å². The second kappa shape index (κ2) is 8.39. The molecule has 0 unspecified atom stereocenters. The summed E-state index contributed by atoms with van der Waals surface area (Å²) in [5.41, 5.74) is 1.98. The minimum atomic E-state index is 0.0641. The number of nitrogens with zero attached hydrogens (tertiary/aromatic N) is 6. The molecular weight excluding hydrogens is 376 g/mol. The quantitative estimate of drug-likeness (QED) is 0.607. The van der Waals surface area contributed by atoms with Crippen molar-refractivity contribution in [3.8, 4) is 11.5 Å². The molecule has 0 saturated carbocycles. The molecule has 0 spiro atoms. The summed E-state index contributed by atoms with van der Waals surface area (Å²) in [5.74, 6) is 1.52. The highest BCUT2D eigenvalue weighted by atomic mass is 32.2. The van der Waals surface area contributed by atoms with Crippen LogP contribution in [0.4, 0.5) is 5.95 Å². The van der Waals surface area contributed by atoms with Crippen molar-refractivity contribution in [3.05, 3.63) is 48.3 Å². The first kappa shape index (κ1) is 18.4. The Bertz CT molecular complexity index is 940. The van der Waals surface area contributed by atoms with Crippen molar-refractivity contribution in [3.63, 3.8) is 0 Å². The number of carbonyl (C=O) groups excluding carboxylic acids is 1. The van der Waals surface area contributed by atoms with Crippen molar-refractivity contribution < 1.29 is 9.21 Å².